The molecule has 0 fully saturated rings. The fraction of sp³-hybridized carbons (Fsp3) is 0.154. The first kappa shape index (κ1) is 13.9. The van der Waals surface area contributed by atoms with Crippen LogP contribution in [0.25, 0.3) is 0 Å². The summed E-state index contributed by atoms with van der Waals surface area (Å²) >= 11 is 3.31. The maximum Gasteiger partial charge on any atom is 0.416 e. The molecule has 100 valence electrons. The van der Waals surface area contributed by atoms with E-state index in [0.717, 1.165) is 22.3 Å². The SMILES string of the molecule is Cc1nc(Nc2cccc(C(F)(F)F)c2)ccc1Br. The van der Waals surface area contributed by atoms with Gasteiger partial charge in [-0.2, -0.15) is 13.2 Å². The lowest BCUT2D eigenvalue weighted by atomic mass is 10.2. The number of rotatable bonds is 2. The first-order valence-electron chi connectivity index (χ1n) is 5.44. The maximum atomic E-state index is 12.6. The predicted molar refractivity (Wildman–Crippen MR) is 71.4 cm³/mol. The molecule has 0 atom stereocenters. The smallest absolute Gasteiger partial charge is 0.340 e. The number of benzene rings is 1. The first-order valence-corrected chi connectivity index (χ1v) is 6.23. The molecule has 0 saturated heterocycles. The van der Waals surface area contributed by atoms with Gasteiger partial charge in [0.05, 0.1) is 11.3 Å². The summed E-state index contributed by atoms with van der Waals surface area (Å²) < 4.78 is 38.6. The van der Waals surface area contributed by atoms with Gasteiger partial charge in [0.1, 0.15) is 5.82 Å². The standard InChI is InChI=1S/C13H10BrF3N2/c1-8-11(14)5-6-12(18-8)19-10-4-2-3-9(7-10)13(15,16)17/h2-7H,1H3,(H,18,19). The molecule has 1 heterocycles. The van der Waals surface area contributed by atoms with Gasteiger partial charge in [0.15, 0.2) is 0 Å². The van der Waals surface area contributed by atoms with Crippen molar-refractivity contribution in [2.24, 2.45) is 0 Å². The summed E-state index contributed by atoms with van der Waals surface area (Å²) in [6.07, 6.45) is -4.35. The van der Waals surface area contributed by atoms with Crippen molar-refractivity contribution in [2.75, 3.05) is 5.32 Å². The van der Waals surface area contributed by atoms with E-state index in [1.807, 2.05) is 0 Å². The van der Waals surface area contributed by atoms with Crippen LogP contribution in [-0.4, -0.2) is 4.98 Å². The summed E-state index contributed by atoms with van der Waals surface area (Å²) in [5.74, 6) is 0.500. The van der Waals surface area contributed by atoms with E-state index in [2.05, 4.69) is 26.2 Å². The fourth-order valence-electron chi connectivity index (χ4n) is 1.53. The summed E-state index contributed by atoms with van der Waals surface area (Å²) in [7, 11) is 0. The highest BCUT2D eigenvalue weighted by molar-refractivity contribution is 9.10. The molecule has 1 aromatic heterocycles. The van der Waals surface area contributed by atoms with Crippen molar-refractivity contribution < 1.29 is 13.2 Å². The molecule has 0 aliphatic heterocycles. The van der Waals surface area contributed by atoms with Crippen molar-refractivity contribution in [3.63, 3.8) is 0 Å². The number of nitrogens with zero attached hydrogens (tertiary/aromatic N) is 1. The van der Waals surface area contributed by atoms with Gasteiger partial charge >= 0.3 is 6.18 Å². The topological polar surface area (TPSA) is 24.9 Å². The lowest BCUT2D eigenvalue weighted by molar-refractivity contribution is -0.137. The Hall–Kier alpha value is -1.56. The van der Waals surface area contributed by atoms with Gasteiger partial charge in [-0.3, -0.25) is 0 Å². The number of aromatic nitrogens is 1. The van der Waals surface area contributed by atoms with Gasteiger partial charge in [-0.25, -0.2) is 4.98 Å². The van der Waals surface area contributed by atoms with E-state index in [0.29, 0.717) is 11.5 Å². The number of anilines is 2. The van der Waals surface area contributed by atoms with Crippen LogP contribution >= 0.6 is 15.9 Å². The molecule has 0 spiro atoms. The van der Waals surface area contributed by atoms with Crippen molar-refractivity contribution in [2.45, 2.75) is 13.1 Å². The summed E-state index contributed by atoms with van der Waals surface area (Å²) in [5, 5.41) is 2.85. The van der Waals surface area contributed by atoms with Crippen molar-refractivity contribution in [1.82, 2.24) is 4.98 Å². The van der Waals surface area contributed by atoms with Crippen LogP contribution in [0.15, 0.2) is 40.9 Å². The summed E-state index contributed by atoms with van der Waals surface area (Å²) in [4.78, 5) is 4.22. The average Bonchev–Trinajstić information content (AvgIpc) is 2.33. The van der Waals surface area contributed by atoms with Crippen molar-refractivity contribution in [1.29, 1.82) is 0 Å². The fourth-order valence-corrected chi connectivity index (χ4v) is 1.76. The molecular formula is C13H10BrF3N2. The minimum atomic E-state index is -4.35. The van der Waals surface area contributed by atoms with Crippen LogP contribution in [0, 0.1) is 6.92 Å². The molecule has 0 saturated carbocycles. The third-order valence-electron chi connectivity index (χ3n) is 2.48. The Bertz CT molecular complexity index is 597. The molecule has 2 nitrogen and oxygen atoms in total. The van der Waals surface area contributed by atoms with Crippen LogP contribution in [0.4, 0.5) is 24.7 Å². The summed E-state index contributed by atoms with van der Waals surface area (Å²) in [6.45, 7) is 1.81. The van der Waals surface area contributed by atoms with Crippen molar-refractivity contribution in [3.8, 4) is 0 Å². The molecule has 2 aromatic rings. The van der Waals surface area contributed by atoms with E-state index in [1.165, 1.54) is 6.07 Å². The van der Waals surface area contributed by atoms with E-state index in [4.69, 9.17) is 0 Å². The Kier molecular flexibility index (Phi) is 3.80. The second-order valence-electron chi connectivity index (χ2n) is 3.97. The van der Waals surface area contributed by atoms with E-state index in [-0.39, 0.29) is 0 Å². The highest BCUT2D eigenvalue weighted by atomic mass is 79.9. The van der Waals surface area contributed by atoms with Crippen LogP contribution in [0.3, 0.4) is 0 Å². The molecule has 0 unspecified atom stereocenters. The van der Waals surface area contributed by atoms with Crippen LogP contribution in [0.1, 0.15) is 11.3 Å². The van der Waals surface area contributed by atoms with Gasteiger partial charge in [-0.15, -0.1) is 0 Å². The predicted octanol–water partition coefficient (Wildman–Crippen LogP) is 4.91. The molecular weight excluding hydrogens is 321 g/mol. The van der Waals surface area contributed by atoms with Crippen molar-refractivity contribution in [3.05, 3.63) is 52.1 Å². The number of halogens is 4. The zero-order chi connectivity index (χ0) is 14.0. The van der Waals surface area contributed by atoms with Gasteiger partial charge < -0.3 is 5.32 Å². The Morgan fingerprint density at radius 2 is 1.89 bits per heavy atom. The normalized spacial score (nSPS) is 11.4. The largest absolute Gasteiger partial charge is 0.416 e. The van der Waals surface area contributed by atoms with E-state index >= 15 is 0 Å². The maximum absolute atomic E-state index is 12.6. The lowest BCUT2D eigenvalue weighted by Gasteiger charge is -2.10. The number of hydrogen-bond donors (Lipinski definition) is 1. The number of aryl methyl sites for hydroxylation is 1. The van der Waals surface area contributed by atoms with E-state index in [9.17, 15) is 13.2 Å². The zero-order valence-electron chi connectivity index (χ0n) is 9.92. The number of hydrogen-bond acceptors (Lipinski definition) is 2. The second-order valence-corrected chi connectivity index (χ2v) is 4.82. The molecule has 0 aliphatic carbocycles. The second kappa shape index (κ2) is 5.21. The quantitative estimate of drug-likeness (QED) is 0.845. The van der Waals surface area contributed by atoms with Crippen LogP contribution in [-0.2, 0) is 6.18 Å². The van der Waals surface area contributed by atoms with Crippen molar-refractivity contribution >= 4 is 27.4 Å². The molecule has 0 amide bonds. The monoisotopic (exact) mass is 330 g/mol. The molecule has 0 aliphatic rings. The Balaban J connectivity index is 2.26. The van der Waals surface area contributed by atoms with Gasteiger partial charge in [-0.05, 0) is 53.2 Å². The molecule has 1 N–H and O–H groups in total. The first-order chi connectivity index (χ1) is 8.86. The van der Waals surface area contributed by atoms with E-state index < -0.39 is 11.7 Å². The Morgan fingerprint density at radius 1 is 1.16 bits per heavy atom. The molecule has 6 heteroatoms. The van der Waals surface area contributed by atoms with Gasteiger partial charge in [-0.1, -0.05) is 6.07 Å². The molecule has 19 heavy (non-hydrogen) atoms. The van der Waals surface area contributed by atoms with Crippen LogP contribution in [0.5, 0.6) is 0 Å². The van der Waals surface area contributed by atoms with Gasteiger partial charge in [0, 0.05) is 10.2 Å². The summed E-state index contributed by atoms with van der Waals surface area (Å²) in [5.41, 5.74) is 0.423. The average molecular weight is 331 g/mol. The molecule has 0 bridgehead atoms. The summed E-state index contributed by atoms with van der Waals surface area (Å²) in [6, 6.07) is 8.49. The van der Waals surface area contributed by atoms with Crippen LogP contribution in [0.2, 0.25) is 0 Å². The zero-order valence-corrected chi connectivity index (χ0v) is 11.5. The minimum Gasteiger partial charge on any atom is -0.340 e. The third-order valence-corrected chi connectivity index (χ3v) is 3.32. The minimum absolute atomic E-state index is 0.351. The van der Waals surface area contributed by atoms with Gasteiger partial charge in [0.25, 0.3) is 0 Å². The van der Waals surface area contributed by atoms with Gasteiger partial charge in [0.2, 0.25) is 0 Å². The molecule has 2 rings (SSSR count). The third kappa shape index (κ3) is 3.47. The highest BCUT2D eigenvalue weighted by Gasteiger charge is 2.30. The number of alkyl halides is 3. The Labute approximate surface area is 116 Å². The Morgan fingerprint density at radius 3 is 2.53 bits per heavy atom. The highest BCUT2D eigenvalue weighted by Crippen LogP contribution is 2.31. The molecule has 1 aromatic carbocycles. The van der Waals surface area contributed by atoms with Crippen LogP contribution < -0.4 is 5.32 Å². The van der Waals surface area contributed by atoms with E-state index in [1.54, 1.807) is 25.1 Å². The lowest BCUT2D eigenvalue weighted by Crippen LogP contribution is -2.05. The number of pyridine rings is 1. The number of nitrogens with one attached hydrogen (secondary N) is 1. The molecule has 0 radical (unpaired) electrons.